The summed E-state index contributed by atoms with van der Waals surface area (Å²) in [5, 5.41) is 11.9. The molecule has 0 amide bonds. The van der Waals surface area contributed by atoms with Crippen LogP contribution in [-0.4, -0.2) is 0 Å². The molecule has 0 aliphatic heterocycles. The van der Waals surface area contributed by atoms with Crippen LogP contribution in [0, 0.1) is 0 Å². The van der Waals surface area contributed by atoms with Crippen LogP contribution in [0.1, 0.15) is 0 Å². The van der Waals surface area contributed by atoms with Crippen LogP contribution < -0.4 is 15.9 Å². The molecule has 0 N–H and O–H groups in total. The fraction of sp³-hybridized carbons (Fsp3) is 0. The minimum absolute atomic E-state index is 0.669. The van der Waals surface area contributed by atoms with Crippen LogP contribution in [0.5, 0.6) is 0 Å². The van der Waals surface area contributed by atoms with Crippen molar-refractivity contribution < 1.29 is 0 Å². The maximum Gasteiger partial charge on any atom is -0.000741 e. The quantitative estimate of drug-likeness (QED) is 0.165. The molecule has 10 rings (SSSR count). The maximum atomic E-state index is 2.42. The third-order valence-corrected chi connectivity index (χ3v) is 12.5. The van der Waals surface area contributed by atoms with Crippen molar-refractivity contribution in [1.82, 2.24) is 0 Å². The average molecular weight is 639 g/mol. The highest BCUT2D eigenvalue weighted by molar-refractivity contribution is 7.79. The molecular formula is C48H31P. The fourth-order valence-corrected chi connectivity index (χ4v) is 10.4. The van der Waals surface area contributed by atoms with Gasteiger partial charge in [0, 0.05) is 0 Å². The largest absolute Gasteiger partial charge is 0.0622 e. The van der Waals surface area contributed by atoms with Crippen LogP contribution in [0.2, 0.25) is 0 Å². The highest BCUT2D eigenvalue weighted by Crippen LogP contribution is 2.57. The summed E-state index contributed by atoms with van der Waals surface area (Å²) < 4.78 is 0. The molecule has 0 bridgehead atoms. The first-order valence-electron chi connectivity index (χ1n) is 16.9. The predicted octanol–water partition coefficient (Wildman–Crippen LogP) is 11.9. The Kier molecular flexibility index (Phi) is 6.57. The van der Waals surface area contributed by atoms with Gasteiger partial charge >= 0.3 is 0 Å². The van der Waals surface area contributed by atoms with E-state index in [1.165, 1.54) is 92.7 Å². The van der Waals surface area contributed by atoms with Gasteiger partial charge in [0.1, 0.15) is 0 Å². The molecule has 1 heteroatoms. The summed E-state index contributed by atoms with van der Waals surface area (Å²) in [5.74, 6) is 0. The van der Waals surface area contributed by atoms with Crippen molar-refractivity contribution in [2.24, 2.45) is 0 Å². The molecule has 0 fully saturated rings. The molecule has 228 valence electrons. The van der Waals surface area contributed by atoms with E-state index >= 15 is 0 Å². The van der Waals surface area contributed by atoms with Gasteiger partial charge in [0.05, 0.1) is 0 Å². The number of benzene rings is 9. The van der Waals surface area contributed by atoms with Gasteiger partial charge in [-0.15, -0.1) is 0 Å². The average Bonchev–Trinajstić information content (AvgIpc) is 3.50. The minimum atomic E-state index is -0.669. The van der Waals surface area contributed by atoms with Gasteiger partial charge in [0.2, 0.25) is 0 Å². The molecule has 1 aliphatic rings. The number of hydrogen-bond acceptors (Lipinski definition) is 0. The first-order valence-corrected chi connectivity index (χ1v) is 18.3. The highest BCUT2D eigenvalue weighted by Gasteiger charge is 2.30. The van der Waals surface area contributed by atoms with Crippen molar-refractivity contribution in [2.75, 3.05) is 0 Å². The fourth-order valence-electron chi connectivity index (χ4n) is 8.07. The summed E-state index contributed by atoms with van der Waals surface area (Å²) in [6.07, 6.45) is 0. The zero-order valence-electron chi connectivity index (χ0n) is 26.8. The van der Waals surface area contributed by atoms with E-state index in [4.69, 9.17) is 0 Å². The van der Waals surface area contributed by atoms with Gasteiger partial charge in [0.25, 0.3) is 0 Å². The Morgan fingerprint density at radius 1 is 0.286 bits per heavy atom. The van der Waals surface area contributed by atoms with Crippen LogP contribution >= 0.6 is 7.92 Å². The van der Waals surface area contributed by atoms with E-state index in [-0.39, 0.29) is 0 Å². The smallest absolute Gasteiger partial charge is 0.000741 e. The Morgan fingerprint density at radius 2 is 0.796 bits per heavy atom. The lowest BCUT2D eigenvalue weighted by molar-refractivity contribution is 1.63. The second kappa shape index (κ2) is 11.4. The van der Waals surface area contributed by atoms with Crippen LogP contribution in [0.15, 0.2) is 188 Å². The molecule has 0 heterocycles. The SMILES string of the molecule is c1ccc(-c2c3c(c(-c4ccc5cc(P(c6ccccc6)c6ccccc6)ccc5c4)c4ccccc24)-c2cccc4cccc-3c24)cc1. The molecule has 0 saturated carbocycles. The summed E-state index contributed by atoms with van der Waals surface area (Å²) in [7, 11) is -0.669. The highest BCUT2D eigenvalue weighted by atomic mass is 31.1. The monoisotopic (exact) mass is 638 g/mol. The minimum Gasteiger partial charge on any atom is -0.0622 e. The van der Waals surface area contributed by atoms with Crippen LogP contribution in [-0.2, 0) is 0 Å². The summed E-state index contributed by atoms with van der Waals surface area (Å²) in [5.41, 5.74) is 10.5. The molecule has 49 heavy (non-hydrogen) atoms. The molecule has 1 aliphatic carbocycles. The van der Waals surface area contributed by atoms with E-state index in [2.05, 4.69) is 188 Å². The van der Waals surface area contributed by atoms with Crippen LogP contribution in [0.4, 0.5) is 0 Å². The molecule has 9 aromatic rings. The standard InChI is InChI=1S/C48H31P/c1-4-14-33(15-5-1)45-40-22-10-11-23-41(40)46(48-43-25-13-17-32-16-12-24-42(44(32)43)47(45)48)36-27-26-35-31-39(29-28-34(35)30-36)49(37-18-6-2-7-19-37)38-20-8-3-9-21-38/h1-31H. The molecule has 0 spiro atoms. The van der Waals surface area contributed by atoms with Crippen molar-refractivity contribution in [3.8, 4) is 44.5 Å². The van der Waals surface area contributed by atoms with Crippen LogP contribution in [0.25, 0.3) is 76.8 Å². The first-order chi connectivity index (χ1) is 24.3. The second-order valence-corrected chi connectivity index (χ2v) is 15.1. The van der Waals surface area contributed by atoms with Crippen molar-refractivity contribution in [3.05, 3.63) is 188 Å². The Bertz CT molecular complexity index is 2650. The summed E-state index contributed by atoms with van der Waals surface area (Å²) >= 11 is 0. The lowest BCUT2D eigenvalue weighted by Crippen LogP contribution is -2.20. The Morgan fingerprint density at radius 3 is 1.41 bits per heavy atom. The Balaban J connectivity index is 1.22. The van der Waals surface area contributed by atoms with Gasteiger partial charge in [-0.2, -0.15) is 0 Å². The van der Waals surface area contributed by atoms with E-state index in [1.54, 1.807) is 0 Å². The molecule has 0 radical (unpaired) electrons. The number of rotatable bonds is 5. The van der Waals surface area contributed by atoms with Crippen LogP contribution in [0.3, 0.4) is 0 Å². The summed E-state index contributed by atoms with van der Waals surface area (Å²) in [6, 6.07) is 69.7. The zero-order chi connectivity index (χ0) is 32.3. The topological polar surface area (TPSA) is 0 Å². The molecule has 0 aromatic heterocycles. The van der Waals surface area contributed by atoms with Crippen molar-refractivity contribution in [1.29, 1.82) is 0 Å². The molecule has 0 unspecified atom stereocenters. The Labute approximate surface area is 287 Å². The molecule has 0 nitrogen and oxygen atoms in total. The number of fused-ring (bicyclic) bond motifs is 5. The van der Waals surface area contributed by atoms with Crippen molar-refractivity contribution in [3.63, 3.8) is 0 Å². The molecule has 0 atom stereocenters. The lowest BCUT2D eigenvalue weighted by atomic mass is 9.82. The van der Waals surface area contributed by atoms with E-state index in [9.17, 15) is 0 Å². The summed E-state index contributed by atoms with van der Waals surface area (Å²) in [4.78, 5) is 0. The molecule has 0 saturated heterocycles. The van der Waals surface area contributed by atoms with Gasteiger partial charge in [-0.05, 0) is 113 Å². The van der Waals surface area contributed by atoms with Crippen molar-refractivity contribution >= 4 is 56.2 Å². The third-order valence-electron chi connectivity index (χ3n) is 10.1. The lowest BCUT2D eigenvalue weighted by Gasteiger charge is -2.21. The van der Waals surface area contributed by atoms with Gasteiger partial charge in [-0.3, -0.25) is 0 Å². The maximum absolute atomic E-state index is 2.42. The van der Waals surface area contributed by atoms with Crippen molar-refractivity contribution in [2.45, 2.75) is 0 Å². The second-order valence-electron chi connectivity index (χ2n) is 12.9. The van der Waals surface area contributed by atoms with Gasteiger partial charge in [0.15, 0.2) is 0 Å². The third kappa shape index (κ3) is 4.49. The van der Waals surface area contributed by atoms with E-state index in [0.29, 0.717) is 0 Å². The number of hydrogen-bond donors (Lipinski definition) is 0. The van der Waals surface area contributed by atoms with Gasteiger partial charge < -0.3 is 0 Å². The predicted molar refractivity (Wildman–Crippen MR) is 213 cm³/mol. The van der Waals surface area contributed by atoms with Gasteiger partial charge in [-0.1, -0.05) is 176 Å². The van der Waals surface area contributed by atoms with E-state index in [0.717, 1.165) is 0 Å². The molecule has 9 aromatic carbocycles. The van der Waals surface area contributed by atoms with E-state index in [1.807, 2.05) is 0 Å². The zero-order valence-corrected chi connectivity index (χ0v) is 27.7. The van der Waals surface area contributed by atoms with Gasteiger partial charge in [-0.25, -0.2) is 0 Å². The summed E-state index contributed by atoms with van der Waals surface area (Å²) in [6.45, 7) is 0. The molecular weight excluding hydrogens is 608 g/mol. The normalized spacial score (nSPS) is 11.9. The van der Waals surface area contributed by atoms with E-state index < -0.39 is 7.92 Å². The first kappa shape index (κ1) is 28.2. The Hall–Kier alpha value is -5.81.